The second-order valence-electron chi connectivity index (χ2n) is 8.17. The van der Waals surface area contributed by atoms with E-state index in [1.807, 2.05) is 50.2 Å². The molecule has 0 bridgehead atoms. The Bertz CT molecular complexity index is 1100. The summed E-state index contributed by atoms with van der Waals surface area (Å²) in [6.45, 7) is 3.97. The molecule has 0 aliphatic carbocycles. The molecule has 0 radical (unpaired) electrons. The molecule has 0 saturated heterocycles. The van der Waals surface area contributed by atoms with E-state index in [1.54, 1.807) is 0 Å². The summed E-state index contributed by atoms with van der Waals surface area (Å²) in [5.41, 5.74) is 8.13. The highest BCUT2D eigenvalue weighted by Crippen LogP contribution is 2.27. The predicted octanol–water partition coefficient (Wildman–Crippen LogP) is 6.61. The zero-order valence-corrected chi connectivity index (χ0v) is 18.4. The average Bonchev–Trinajstić information content (AvgIpc) is 2.79. The van der Waals surface area contributed by atoms with E-state index in [4.69, 9.17) is 9.97 Å². The first kappa shape index (κ1) is 21.8. The van der Waals surface area contributed by atoms with Gasteiger partial charge < -0.3 is 0 Å². The largest absolute Gasteiger partial charge is 0.251 e. The van der Waals surface area contributed by atoms with E-state index in [0.717, 1.165) is 70.7 Å². The Hall–Kier alpha value is -3.40. The van der Waals surface area contributed by atoms with E-state index in [0.29, 0.717) is 0 Å². The van der Waals surface area contributed by atoms with Crippen molar-refractivity contribution in [2.45, 2.75) is 39.5 Å². The van der Waals surface area contributed by atoms with Crippen LogP contribution in [-0.2, 0) is 25.7 Å². The number of rotatable bonds is 7. The average molecular weight is 429 g/mol. The first-order valence-electron chi connectivity index (χ1n) is 10.9. The molecule has 2 aromatic carbocycles. The molecular weight excluding hydrogens is 402 g/mol. The summed E-state index contributed by atoms with van der Waals surface area (Å²) in [6.07, 6.45) is 3.19. The van der Waals surface area contributed by atoms with Crippen LogP contribution in [0.5, 0.6) is 0 Å². The van der Waals surface area contributed by atoms with Gasteiger partial charge in [0.25, 0.3) is 0 Å². The molecule has 2 nitrogen and oxygen atoms in total. The van der Waals surface area contributed by atoms with E-state index >= 15 is 0 Å². The molecule has 0 atom stereocenters. The lowest BCUT2D eigenvalue weighted by Crippen LogP contribution is -2.04. The van der Waals surface area contributed by atoms with Gasteiger partial charge in [0.2, 0.25) is 0 Å². The molecule has 4 aromatic rings. The molecule has 0 aliphatic rings. The summed E-state index contributed by atoms with van der Waals surface area (Å²) in [5.74, 6) is -0.442. The van der Waals surface area contributed by atoms with Crippen LogP contribution in [-0.4, -0.2) is 9.97 Å². The normalized spacial score (nSPS) is 11.0. The second kappa shape index (κ2) is 9.82. The summed E-state index contributed by atoms with van der Waals surface area (Å²) in [7, 11) is 0. The van der Waals surface area contributed by atoms with Crippen molar-refractivity contribution in [1.29, 1.82) is 0 Å². The number of benzene rings is 2. The van der Waals surface area contributed by atoms with Gasteiger partial charge in [-0.15, -0.1) is 0 Å². The van der Waals surface area contributed by atoms with Gasteiger partial charge in [0.15, 0.2) is 0 Å². The molecule has 4 rings (SSSR count). The second-order valence-corrected chi connectivity index (χ2v) is 8.17. The molecular formula is C28H26F2N2. The highest BCUT2D eigenvalue weighted by molar-refractivity contribution is 5.63. The summed E-state index contributed by atoms with van der Waals surface area (Å²) < 4.78 is 26.5. The molecule has 0 unspecified atom stereocenters. The van der Waals surface area contributed by atoms with Gasteiger partial charge in [0.1, 0.15) is 11.6 Å². The lowest BCUT2D eigenvalue weighted by Gasteiger charge is -2.14. The van der Waals surface area contributed by atoms with Crippen molar-refractivity contribution in [1.82, 2.24) is 9.97 Å². The first-order chi connectivity index (χ1) is 15.5. The fourth-order valence-corrected chi connectivity index (χ4v) is 3.84. The van der Waals surface area contributed by atoms with Crippen LogP contribution in [0, 0.1) is 25.5 Å². The van der Waals surface area contributed by atoms with Gasteiger partial charge in [-0.05, 0) is 98.2 Å². The third-order valence-electron chi connectivity index (χ3n) is 5.65. The Balaban J connectivity index is 1.63. The van der Waals surface area contributed by atoms with E-state index in [9.17, 15) is 8.78 Å². The molecule has 0 spiro atoms. The molecule has 0 fully saturated rings. The van der Waals surface area contributed by atoms with Crippen LogP contribution >= 0.6 is 0 Å². The van der Waals surface area contributed by atoms with Crippen molar-refractivity contribution in [2.75, 3.05) is 0 Å². The number of aromatic nitrogens is 2. The Morgan fingerprint density at radius 2 is 0.875 bits per heavy atom. The van der Waals surface area contributed by atoms with Crippen molar-refractivity contribution in [2.24, 2.45) is 0 Å². The SMILES string of the molecule is Cc1ccc(CCc2ccc(F)cc2)c(-c2nc(C)ccc2CCc2ccc(F)cc2)n1. The summed E-state index contributed by atoms with van der Waals surface area (Å²) in [4.78, 5) is 9.73. The Labute approximate surface area is 188 Å². The van der Waals surface area contributed by atoms with Gasteiger partial charge in [-0.2, -0.15) is 0 Å². The van der Waals surface area contributed by atoms with Crippen molar-refractivity contribution >= 4 is 0 Å². The maximum atomic E-state index is 13.2. The minimum atomic E-state index is -0.221. The summed E-state index contributed by atoms with van der Waals surface area (Å²) in [6, 6.07) is 21.6. The number of hydrogen-bond acceptors (Lipinski definition) is 2. The Morgan fingerprint density at radius 3 is 1.25 bits per heavy atom. The first-order valence-corrected chi connectivity index (χ1v) is 10.9. The maximum absolute atomic E-state index is 13.2. The van der Waals surface area contributed by atoms with Crippen LogP contribution in [0.25, 0.3) is 11.4 Å². The smallest absolute Gasteiger partial charge is 0.123 e. The maximum Gasteiger partial charge on any atom is 0.123 e. The number of pyridine rings is 2. The van der Waals surface area contributed by atoms with Gasteiger partial charge in [-0.25, -0.2) is 8.78 Å². The standard InChI is InChI=1S/C28H26F2N2/c1-19-3-11-23(13-5-21-7-15-25(29)16-8-21)27(31-19)28-24(12-4-20(2)32-28)14-6-22-9-17-26(30)18-10-22/h3-4,7-12,15-18H,5-6,13-14H2,1-2H3. The van der Waals surface area contributed by atoms with E-state index in [1.165, 1.54) is 24.3 Å². The van der Waals surface area contributed by atoms with Crippen LogP contribution in [0.2, 0.25) is 0 Å². The highest BCUT2D eigenvalue weighted by Gasteiger charge is 2.14. The Kier molecular flexibility index (Phi) is 6.69. The highest BCUT2D eigenvalue weighted by atomic mass is 19.1. The number of aryl methyl sites for hydroxylation is 6. The molecule has 0 saturated carbocycles. The topological polar surface area (TPSA) is 25.8 Å². The fourth-order valence-electron chi connectivity index (χ4n) is 3.84. The molecule has 32 heavy (non-hydrogen) atoms. The molecule has 162 valence electrons. The fraction of sp³-hybridized carbons (Fsp3) is 0.214. The number of halogens is 2. The van der Waals surface area contributed by atoms with Gasteiger partial charge in [0, 0.05) is 11.4 Å². The summed E-state index contributed by atoms with van der Waals surface area (Å²) in [5, 5.41) is 0. The molecule has 2 heterocycles. The van der Waals surface area contributed by atoms with E-state index in [-0.39, 0.29) is 11.6 Å². The number of hydrogen-bond donors (Lipinski definition) is 0. The minimum Gasteiger partial charge on any atom is -0.251 e. The molecule has 4 heteroatoms. The lowest BCUT2D eigenvalue weighted by molar-refractivity contribution is 0.626. The van der Waals surface area contributed by atoms with Crippen LogP contribution in [0.3, 0.4) is 0 Å². The van der Waals surface area contributed by atoms with Gasteiger partial charge in [-0.3, -0.25) is 9.97 Å². The molecule has 0 amide bonds. The number of nitrogens with zero attached hydrogens (tertiary/aromatic N) is 2. The molecule has 0 N–H and O–H groups in total. The minimum absolute atomic E-state index is 0.221. The lowest BCUT2D eigenvalue weighted by atomic mass is 9.96. The third kappa shape index (κ3) is 5.44. The quantitative estimate of drug-likeness (QED) is 0.331. The van der Waals surface area contributed by atoms with Crippen molar-refractivity contribution in [3.05, 3.63) is 118 Å². The monoisotopic (exact) mass is 428 g/mol. The molecule has 0 aliphatic heterocycles. The molecule has 2 aromatic heterocycles. The van der Waals surface area contributed by atoms with Crippen LogP contribution < -0.4 is 0 Å². The van der Waals surface area contributed by atoms with E-state index < -0.39 is 0 Å². The van der Waals surface area contributed by atoms with Crippen LogP contribution in [0.15, 0.2) is 72.8 Å². The van der Waals surface area contributed by atoms with Crippen molar-refractivity contribution in [3.8, 4) is 11.4 Å². The predicted molar refractivity (Wildman–Crippen MR) is 125 cm³/mol. The summed E-state index contributed by atoms with van der Waals surface area (Å²) >= 11 is 0. The van der Waals surface area contributed by atoms with Crippen molar-refractivity contribution in [3.63, 3.8) is 0 Å². The van der Waals surface area contributed by atoms with E-state index in [2.05, 4.69) is 12.1 Å². The van der Waals surface area contributed by atoms with Gasteiger partial charge in [0.05, 0.1) is 11.4 Å². The van der Waals surface area contributed by atoms with Gasteiger partial charge in [-0.1, -0.05) is 36.4 Å². The van der Waals surface area contributed by atoms with Gasteiger partial charge >= 0.3 is 0 Å². The zero-order chi connectivity index (χ0) is 22.5. The Morgan fingerprint density at radius 1 is 0.500 bits per heavy atom. The zero-order valence-electron chi connectivity index (χ0n) is 18.4. The van der Waals surface area contributed by atoms with Crippen LogP contribution in [0.1, 0.15) is 33.6 Å². The van der Waals surface area contributed by atoms with Crippen molar-refractivity contribution < 1.29 is 8.78 Å². The third-order valence-corrected chi connectivity index (χ3v) is 5.65. The van der Waals surface area contributed by atoms with Crippen LogP contribution in [0.4, 0.5) is 8.78 Å².